The van der Waals surface area contributed by atoms with E-state index in [0.29, 0.717) is 18.7 Å². The molecule has 0 aliphatic heterocycles. The number of carbonyl (C=O) groups excluding carboxylic acids is 2. The molecule has 0 saturated heterocycles. The van der Waals surface area contributed by atoms with Crippen molar-refractivity contribution in [3.63, 3.8) is 0 Å². The minimum Gasteiger partial charge on any atom is -0.464 e. The fraction of sp³-hybridized carbons (Fsp3) is 0.737. The molecule has 1 heterocycles. The topological polar surface area (TPSA) is 59.5 Å². The van der Waals surface area contributed by atoms with Gasteiger partial charge in [-0.15, -0.1) is 11.3 Å². The lowest BCUT2D eigenvalue weighted by Gasteiger charge is -2.26. The molecule has 6 heteroatoms. The molecular weight excluding hydrogens is 336 g/mol. The lowest BCUT2D eigenvalue weighted by Crippen LogP contribution is -2.36. The molecule has 1 amide bonds. The van der Waals surface area contributed by atoms with E-state index in [1.165, 1.54) is 50.6 Å². The highest BCUT2D eigenvalue weighted by atomic mass is 32.1. The molecule has 0 aliphatic rings. The number of esters is 1. The number of rotatable bonds is 12. The fourth-order valence-electron chi connectivity index (χ4n) is 2.66. The number of nitrogens with zero attached hydrogens (tertiary/aromatic N) is 2. The van der Waals surface area contributed by atoms with Crippen molar-refractivity contribution in [2.75, 3.05) is 7.11 Å². The van der Waals surface area contributed by atoms with Gasteiger partial charge in [-0.2, -0.15) is 0 Å². The smallest absolute Gasteiger partial charge is 0.357 e. The molecule has 0 aliphatic carbocycles. The Kier molecular flexibility index (Phi) is 10.4. The summed E-state index contributed by atoms with van der Waals surface area (Å²) in [5.74, 6) is -0.272. The zero-order chi connectivity index (χ0) is 18.7. The van der Waals surface area contributed by atoms with Gasteiger partial charge in [-0.25, -0.2) is 9.78 Å². The van der Waals surface area contributed by atoms with E-state index in [1.807, 2.05) is 18.7 Å². The third kappa shape index (κ3) is 7.99. The summed E-state index contributed by atoms with van der Waals surface area (Å²) in [5.41, 5.74) is 0.311. The number of aromatic nitrogens is 1. The van der Waals surface area contributed by atoms with Crippen LogP contribution in [-0.4, -0.2) is 34.9 Å². The SMILES string of the molecule is CCCCCCCCCC(=O)N(Cc1nc(C(=O)OC)cs1)C(C)C. The maximum absolute atomic E-state index is 12.5. The second-order valence-corrected chi connectivity index (χ2v) is 7.55. The molecule has 5 nitrogen and oxygen atoms in total. The number of ether oxygens (including phenoxy) is 1. The third-order valence-electron chi connectivity index (χ3n) is 4.19. The second kappa shape index (κ2) is 12.0. The maximum atomic E-state index is 12.5. The van der Waals surface area contributed by atoms with Gasteiger partial charge in [0.05, 0.1) is 13.7 Å². The van der Waals surface area contributed by atoms with E-state index in [1.54, 1.807) is 5.38 Å². The summed E-state index contributed by atoms with van der Waals surface area (Å²) in [6.07, 6.45) is 8.99. The van der Waals surface area contributed by atoms with Crippen LogP contribution in [0.1, 0.15) is 87.6 Å². The Morgan fingerprint density at radius 3 is 2.40 bits per heavy atom. The van der Waals surface area contributed by atoms with Crippen LogP contribution in [0, 0.1) is 0 Å². The van der Waals surface area contributed by atoms with Crippen molar-refractivity contribution >= 4 is 23.2 Å². The zero-order valence-corrected chi connectivity index (χ0v) is 16.9. The Bertz CT molecular complexity index is 528. The largest absolute Gasteiger partial charge is 0.464 e. The summed E-state index contributed by atoms with van der Waals surface area (Å²) in [5, 5.41) is 2.45. The van der Waals surface area contributed by atoms with Crippen LogP contribution in [0.2, 0.25) is 0 Å². The molecule has 0 aromatic carbocycles. The molecule has 0 N–H and O–H groups in total. The fourth-order valence-corrected chi connectivity index (χ4v) is 3.42. The Labute approximate surface area is 155 Å². The molecular formula is C19H32N2O3S. The van der Waals surface area contributed by atoms with Crippen molar-refractivity contribution in [2.24, 2.45) is 0 Å². The number of methoxy groups -OCH3 is 1. The molecule has 25 heavy (non-hydrogen) atoms. The van der Waals surface area contributed by atoms with Gasteiger partial charge < -0.3 is 9.64 Å². The van der Waals surface area contributed by atoms with E-state index in [4.69, 9.17) is 0 Å². The van der Waals surface area contributed by atoms with Crippen LogP contribution >= 0.6 is 11.3 Å². The van der Waals surface area contributed by atoms with Crippen LogP contribution in [0.4, 0.5) is 0 Å². The minimum absolute atomic E-state index is 0.113. The maximum Gasteiger partial charge on any atom is 0.357 e. The first-order valence-electron chi connectivity index (χ1n) is 9.31. The van der Waals surface area contributed by atoms with Gasteiger partial charge in [0, 0.05) is 17.8 Å². The molecule has 0 atom stereocenters. The van der Waals surface area contributed by atoms with Crippen molar-refractivity contribution in [1.82, 2.24) is 9.88 Å². The average Bonchev–Trinajstić information content (AvgIpc) is 3.06. The van der Waals surface area contributed by atoms with Gasteiger partial charge in [0.15, 0.2) is 5.69 Å². The van der Waals surface area contributed by atoms with Gasteiger partial charge in [-0.1, -0.05) is 45.4 Å². The number of carbonyl (C=O) groups is 2. The molecule has 1 rings (SSSR count). The predicted molar refractivity (Wildman–Crippen MR) is 102 cm³/mol. The van der Waals surface area contributed by atoms with Crippen LogP contribution in [0.3, 0.4) is 0 Å². The van der Waals surface area contributed by atoms with Gasteiger partial charge >= 0.3 is 5.97 Å². The molecule has 0 unspecified atom stereocenters. The van der Waals surface area contributed by atoms with E-state index in [9.17, 15) is 9.59 Å². The summed E-state index contributed by atoms with van der Waals surface area (Å²) >= 11 is 1.39. The Hall–Kier alpha value is -1.43. The molecule has 1 aromatic heterocycles. The van der Waals surface area contributed by atoms with Crippen LogP contribution in [0.15, 0.2) is 5.38 Å². The van der Waals surface area contributed by atoms with Crippen molar-refractivity contribution in [3.05, 3.63) is 16.1 Å². The van der Waals surface area contributed by atoms with Crippen molar-refractivity contribution in [3.8, 4) is 0 Å². The predicted octanol–water partition coefficient (Wildman–Crippen LogP) is 4.81. The molecule has 0 spiro atoms. The van der Waals surface area contributed by atoms with E-state index in [0.717, 1.165) is 17.8 Å². The van der Waals surface area contributed by atoms with Crippen LogP contribution < -0.4 is 0 Å². The lowest BCUT2D eigenvalue weighted by atomic mass is 10.1. The minimum atomic E-state index is -0.437. The second-order valence-electron chi connectivity index (χ2n) is 6.60. The normalized spacial score (nSPS) is 10.9. The van der Waals surface area contributed by atoms with Gasteiger partial charge in [-0.3, -0.25) is 4.79 Å². The van der Waals surface area contributed by atoms with E-state index in [-0.39, 0.29) is 11.9 Å². The summed E-state index contributed by atoms with van der Waals surface area (Å²) in [7, 11) is 1.34. The van der Waals surface area contributed by atoms with Gasteiger partial charge in [-0.05, 0) is 20.3 Å². The van der Waals surface area contributed by atoms with Crippen LogP contribution in [0.5, 0.6) is 0 Å². The van der Waals surface area contributed by atoms with Crippen molar-refractivity contribution < 1.29 is 14.3 Å². The highest BCUT2D eigenvalue weighted by Crippen LogP contribution is 2.17. The summed E-state index contributed by atoms with van der Waals surface area (Å²) < 4.78 is 4.67. The molecule has 1 aromatic rings. The molecule has 0 radical (unpaired) electrons. The first kappa shape index (κ1) is 21.6. The molecule has 0 fully saturated rings. The third-order valence-corrected chi connectivity index (χ3v) is 5.02. The first-order chi connectivity index (χ1) is 12.0. The number of thiazole rings is 1. The van der Waals surface area contributed by atoms with Crippen LogP contribution in [-0.2, 0) is 16.1 Å². The monoisotopic (exact) mass is 368 g/mol. The van der Waals surface area contributed by atoms with Gasteiger partial charge in [0.2, 0.25) is 5.91 Å². The highest BCUT2D eigenvalue weighted by Gasteiger charge is 2.19. The Balaban J connectivity index is 2.43. The number of unbranched alkanes of at least 4 members (excludes halogenated alkanes) is 6. The van der Waals surface area contributed by atoms with E-state index < -0.39 is 5.97 Å². The number of hydrogen-bond donors (Lipinski definition) is 0. The number of hydrogen-bond acceptors (Lipinski definition) is 5. The quantitative estimate of drug-likeness (QED) is 0.392. The van der Waals surface area contributed by atoms with Gasteiger partial charge in [0.25, 0.3) is 0 Å². The standard InChI is InChI=1S/C19H32N2O3S/c1-5-6-7-8-9-10-11-12-18(22)21(15(2)3)13-17-20-16(14-25-17)19(23)24-4/h14-15H,5-13H2,1-4H3. The molecule has 0 saturated carbocycles. The van der Waals surface area contributed by atoms with E-state index >= 15 is 0 Å². The molecule has 142 valence electrons. The van der Waals surface area contributed by atoms with Crippen LogP contribution in [0.25, 0.3) is 0 Å². The first-order valence-corrected chi connectivity index (χ1v) is 10.2. The van der Waals surface area contributed by atoms with Crippen molar-refractivity contribution in [1.29, 1.82) is 0 Å². The van der Waals surface area contributed by atoms with E-state index in [2.05, 4.69) is 16.6 Å². The molecule has 0 bridgehead atoms. The number of amides is 1. The average molecular weight is 369 g/mol. The Morgan fingerprint density at radius 1 is 1.16 bits per heavy atom. The summed E-state index contributed by atoms with van der Waals surface area (Å²) in [6.45, 7) is 6.69. The zero-order valence-electron chi connectivity index (χ0n) is 16.0. The van der Waals surface area contributed by atoms with Gasteiger partial charge in [0.1, 0.15) is 5.01 Å². The van der Waals surface area contributed by atoms with Crippen molar-refractivity contribution in [2.45, 2.75) is 84.7 Å². The lowest BCUT2D eigenvalue weighted by molar-refractivity contribution is -0.133. The summed E-state index contributed by atoms with van der Waals surface area (Å²) in [4.78, 5) is 30.1. The summed E-state index contributed by atoms with van der Waals surface area (Å²) in [6, 6.07) is 0.113. The Morgan fingerprint density at radius 2 is 1.80 bits per heavy atom. The highest BCUT2D eigenvalue weighted by molar-refractivity contribution is 7.09.